The van der Waals surface area contributed by atoms with E-state index in [-0.39, 0.29) is 0 Å². The third-order valence-electron chi connectivity index (χ3n) is 2.60. The van der Waals surface area contributed by atoms with Crippen LogP contribution in [-0.2, 0) is 4.79 Å². The molecule has 2 rings (SSSR count). The van der Waals surface area contributed by atoms with Crippen LogP contribution in [0.4, 0.5) is 0 Å². The number of aromatic nitrogens is 1. The predicted molar refractivity (Wildman–Crippen MR) is 72.1 cm³/mol. The smallest absolute Gasteiger partial charge is 0.344 e. The van der Waals surface area contributed by atoms with Crippen LogP contribution in [-0.4, -0.2) is 22.3 Å². The highest BCUT2D eigenvalue weighted by atomic mass is 79.9. The molecule has 0 fully saturated rings. The highest BCUT2D eigenvalue weighted by Gasteiger charge is 2.18. The van der Waals surface area contributed by atoms with Crippen LogP contribution in [0.3, 0.4) is 0 Å². The van der Waals surface area contributed by atoms with Crippen LogP contribution in [0.15, 0.2) is 33.5 Å². The van der Waals surface area contributed by atoms with Gasteiger partial charge in [-0.15, -0.1) is 0 Å². The number of hydrogen-bond donors (Lipinski definition) is 1. The van der Waals surface area contributed by atoms with Gasteiger partial charge in [0.1, 0.15) is 17.7 Å². The Labute approximate surface area is 118 Å². The molecule has 0 radical (unpaired) electrons. The summed E-state index contributed by atoms with van der Waals surface area (Å²) in [7, 11) is 0. The van der Waals surface area contributed by atoms with Gasteiger partial charge in [0, 0.05) is 15.6 Å². The van der Waals surface area contributed by atoms with E-state index < -0.39 is 12.1 Å². The van der Waals surface area contributed by atoms with Crippen LogP contribution in [0.2, 0.25) is 0 Å². The first-order valence-corrected chi connectivity index (χ1v) is 6.38. The molecule has 0 bridgehead atoms. The number of carboxylic acid groups (broad SMARTS) is 1. The molecule has 0 saturated heterocycles. The Bertz CT molecular complexity index is 608. The molecule has 6 heteroatoms. The van der Waals surface area contributed by atoms with Crippen molar-refractivity contribution in [2.75, 3.05) is 0 Å². The number of aliphatic carboxylic acids is 1. The van der Waals surface area contributed by atoms with Crippen LogP contribution in [0.1, 0.15) is 12.5 Å². The first-order chi connectivity index (χ1) is 8.99. The van der Waals surface area contributed by atoms with Gasteiger partial charge < -0.3 is 14.4 Å². The number of benzene rings is 1. The Kier molecular flexibility index (Phi) is 3.90. The molecular weight excluding hydrogens is 314 g/mol. The Hall–Kier alpha value is -1.82. The molecule has 0 aliphatic heterocycles. The number of rotatable bonds is 4. The Balaban J connectivity index is 2.44. The Morgan fingerprint density at radius 2 is 2.26 bits per heavy atom. The van der Waals surface area contributed by atoms with E-state index in [1.807, 2.05) is 13.0 Å². The molecule has 19 heavy (non-hydrogen) atoms. The van der Waals surface area contributed by atoms with Crippen molar-refractivity contribution < 1.29 is 19.2 Å². The maximum atomic E-state index is 10.9. The summed E-state index contributed by atoms with van der Waals surface area (Å²) in [6.07, 6.45) is 0.591. The second kappa shape index (κ2) is 5.44. The summed E-state index contributed by atoms with van der Waals surface area (Å²) in [5, 5.41) is 12.8. The van der Waals surface area contributed by atoms with Crippen molar-refractivity contribution in [1.29, 1.82) is 0 Å². The molecule has 1 aromatic carbocycles. The van der Waals surface area contributed by atoms with E-state index in [0.717, 1.165) is 10.0 Å². The van der Waals surface area contributed by atoms with Gasteiger partial charge in [0.2, 0.25) is 0 Å². The van der Waals surface area contributed by atoms with Crippen molar-refractivity contribution >= 4 is 21.9 Å². The highest BCUT2D eigenvalue weighted by Crippen LogP contribution is 2.34. The van der Waals surface area contributed by atoms with Crippen LogP contribution < -0.4 is 4.74 Å². The summed E-state index contributed by atoms with van der Waals surface area (Å²) in [6.45, 7) is 3.33. The van der Waals surface area contributed by atoms with Crippen molar-refractivity contribution in [3.05, 3.63) is 34.5 Å². The average molecular weight is 326 g/mol. The lowest BCUT2D eigenvalue weighted by Gasteiger charge is -2.14. The third kappa shape index (κ3) is 2.96. The van der Waals surface area contributed by atoms with E-state index in [0.29, 0.717) is 17.0 Å². The number of carboxylic acids is 1. The van der Waals surface area contributed by atoms with Gasteiger partial charge >= 0.3 is 5.97 Å². The molecule has 1 aromatic heterocycles. The molecule has 1 N–H and O–H groups in total. The summed E-state index contributed by atoms with van der Waals surface area (Å²) in [5.41, 5.74) is 2.17. The topological polar surface area (TPSA) is 72.6 Å². The third-order valence-corrected chi connectivity index (χ3v) is 3.09. The number of halogens is 1. The van der Waals surface area contributed by atoms with Gasteiger partial charge in [-0.3, -0.25) is 0 Å². The molecule has 0 spiro atoms. The number of hydrogen-bond acceptors (Lipinski definition) is 4. The van der Waals surface area contributed by atoms with E-state index in [1.54, 1.807) is 12.1 Å². The average Bonchev–Trinajstić information content (AvgIpc) is 2.77. The zero-order valence-electron chi connectivity index (χ0n) is 10.4. The lowest BCUT2D eigenvalue weighted by atomic mass is 10.1. The molecule has 0 saturated carbocycles. The van der Waals surface area contributed by atoms with Crippen LogP contribution >= 0.6 is 15.9 Å². The maximum Gasteiger partial charge on any atom is 0.344 e. The molecule has 1 heterocycles. The molecular formula is C13H12BrNO4. The van der Waals surface area contributed by atoms with Gasteiger partial charge in [-0.05, 0) is 32.0 Å². The van der Waals surface area contributed by atoms with Crippen molar-refractivity contribution in [3.8, 4) is 17.0 Å². The first-order valence-electron chi connectivity index (χ1n) is 5.59. The van der Waals surface area contributed by atoms with E-state index >= 15 is 0 Å². The summed E-state index contributed by atoms with van der Waals surface area (Å²) in [6, 6.07) is 5.30. The minimum absolute atomic E-state index is 0.454. The van der Waals surface area contributed by atoms with E-state index in [2.05, 4.69) is 21.1 Å². The minimum Gasteiger partial charge on any atom is -0.479 e. The number of aryl methyl sites for hydroxylation is 1. The highest BCUT2D eigenvalue weighted by molar-refractivity contribution is 9.10. The van der Waals surface area contributed by atoms with Gasteiger partial charge in [0.15, 0.2) is 6.10 Å². The normalized spacial score (nSPS) is 12.2. The van der Waals surface area contributed by atoms with Crippen molar-refractivity contribution in [2.24, 2.45) is 0 Å². The SMILES string of the molecule is Cc1conc1-c1cc(Br)ccc1OC(C)C(=O)O. The van der Waals surface area contributed by atoms with Crippen molar-refractivity contribution in [2.45, 2.75) is 20.0 Å². The predicted octanol–water partition coefficient (Wildman–Crippen LogP) is 3.26. The quantitative estimate of drug-likeness (QED) is 0.933. The fourth-order valence-electron chi connectivity index (χ4n) is 1.58. The lowest BCUT2D eigenvalue weighted by Crippen LogP contribution is -2.23. The zero-order chi connectivity index (χ0) is 14.0. The van der Waals surface area contributed by atoms with E-state index in [4.69, 9.17) is 14.4 Å². The second-order valence-corrected chi connectivity index (χ2v) is 5.00. The van der Waals surface area contributed by atoms with Gasteiger partial charge in [0.05, 0.1) is 0 Å². The molecule has 0 aliphatic carbocycles. The summed E-state index contributed by atoms with van der Waals surface area (Å²) < 4.78 is 11.2. The summed E-state index contributed by atoms with van der Waals surface area (Å²) in [4.78, 5) is 10.9. The molecule has 0 aliphatic rings. The summed E-state index contributed by atoms with van der Waals surface area (Å²) in [5.74, 6) is -0.569. The molecule has 5 nitrogen and oxygen atoms in total. The summed E-state index contributed by atoms with van der Waals surface area (Å²) >= 11 is 3.37. The van der Waals surface area contributed by atoms with Gasteiger partial charge in [-0.25, -0.2) is 4.79 Å². The molecule has 100 valence electrons. The lowest BCUT2D eigenvalue weighted by molar-refractivity contribution is -0.144. The second-order valence-electron chi connectivity index (χ2n) is 4.08. The molecule has 1 atom stereocenters. The van der Waals surface area contributed by atoms with Crippen LogP contribution in [0.5, 0.6) is 5.75 Å². The van der Waals surface area contributed by atoms with E-state index in [1.165, 1.54) is 13.2 Å². The number of nitrogens with zero attached hydrogens (tertiary/aromatic N) is 1. The minimum atomic E-state index is -1.02. The fourth-order valence-corrected chi connectivity index (χ4v) is 1.94. The van der Waals surface area contributed by atoms with Crippen LogP contribution in [0.25, 0.3) is 11.3 Å². The number of ether oxygens (including phenoxy) is 1. The number of carbonyl (C=O) groups is 1. The standard InChI is InChI=1S/C13H12BrNO4/c1-7-6-18-15-12(7)10-5-9(14)3-4-11(10)19-8(2)13(16)17/h3-6,8H,1-2H3,(H,16,17). The zero-order valence-corrected chi connectivity index (χ0v) is 12.0. The molecule has 0 amide bonds. The van der Waals surface area contributed by atoms with Crippen molar-refractivity contribution in [1.82, 2.24) is 5.16 Å². The van der Waals surface area contributed by atoms with E-state index in [9.17, 15) is 4.79 Å². The molecule has 2 aromatic rings. The Morgan fingerprint density at radius 1 is 1.53 bits per heavy atom. The monoisotopic (exact) mass is 325 g/mol. The van der Waals surface area contributed by atoms with Gasteiger partial charge in [-0.1, -0.05) is 21.1 Å². The van der Waals surface area contributed by atoms with Gasteiger partial charge in [0.25, 0.3) is 0 Å². The Morgan fingerprint density at radius 3 is 2.84 bits per heavy atom. The molecule has 1 unspecified atom stereocenters. The van der Waals surface area contributed by atoms with Crippen LogP contribution in [0, 0.1) is 6.92 Å². The first kappa shape index (κ1) is 13.6. The van der Waals surface area contributed by atoms with Crippen molar-refractivity contribution in [3.63, 3.8) is 0 Å². The van der Waals surface area contributed by atoms with Gasteiger partial charge in [-0.2, -0.15) is 0 Å². The maximum absolute atomic E-state index is 10.9. The largest absolute Gasteiger partial charge is 0.479 e. The fraction of sp³-hybridized carbons (Fsp3) is 0.231.